The number of hydrogen-bond acceptors (Lipinski definition) is 3. The molecule has 0 aliphatic rings. The van der Waals surface area contributed by atoms with Crippen LogP contribution in [0.1, 0.15) is 28.7 Å². The van der Waals surface area contributed by atoms with Gasteiger partial charge in [0, 0.05) is 19.5 Å². The van der Waals surface area contributed by atoms with Crippen molar-refractivity contribution in [3.8, 4) is 5.75 Å². The van der Waals surface area contributed by atoms with Crippen molar-refractivity contribution in [2.75, 3.05) is 19.7 Å². The summed E-state index contributed by atoms with van der Waals surface area (Å²) in [4.78, 5) is 23.7. The molecule has 0 fully saturated rings. The zero-order chi connectivity index (χ0) is 19.6. The summed E-state index contributed by atoms with van der Waals surface area (Å²) in [6.45, 7) is 6.75. The second kappa shape index (κ2) is 10.4. The molecule has 144 valence electrons. The average Bonchev–Trinajstić information content (AvgIpc) is 2.64. The van der Waals surface area contributed by atoms with Crippen molar-refractivity contribution in [3.05, 3.63) is 64.7 Å². The van der Waals surface area contributed by atoms with E-state index in [2.05, 4.69) is 10.6 Å². The van der Waals surface area contributed by atoms with E-state index in [0.717, 1.165) is 16.7 Å². The molecule has 0 atom stereocenters. The number of hydrogen-bond donors (Lipinski definition) is 2. The minimum absolute atomic E-state index is 0.0173. The van der Waals surface area contributed by atoms with Crippen molar-refractivity contribution in [2.45, 2.75) is 33.6 Å². The first-order valence-electron chi connectivity index (χ1n) is 9.23. The minimum Gasteiger partial charge on any atom is -0.484 e. The lowest BCUT2D eigenvalue weighted by atomic mass is 10.1. The molecule has 0 radical (unpaired) electrons. The third-order valence-electron chi connectivity index (χ3n) is 4.22. The molecule has 0 aliphatic carbocycles. The Morgan fingerprint density at radius 3 is 2.15 bits per heavy atom. The molecule has 2 rings (SSSR count). The lowest BCUT2D eigenvalue weighted by molar-refractivity contribution is -0.124. The zero-order valence-electron chi connectivity index (χ0n) is 16.3. The van der Waals surface area contributed by atoms with Gasteiger partial charge in [-0.1, -0.05) is 47.5 Å². The summed E-state index contributed by atoms with van der Waals surface area (Å²) in [6.07, 6.45) is 1.15. The highest BCUT2D eigenvalue weighted by Crippen LogP contribution is 2.18. The lowest BCUT2D eigenvalue weighted by Gasteiger charge is -2.10. The van der Waals surface area contributed by atoms with Crippen LogP contribution in [0.5, 0.6) is 5.75 Å². The van der Waals surface area contributed by atoms with Gasteiger partial charge in [-0.25, -0.2) is 0 Å². The normalized spacial score (nSPS) is 10.3. The summed E-state index contributed by atoms with van der Waals surface area (Å²) in [5, 5.41) is 5.55. The molecule has 27 heavy (non-hydrogen) atoms. The first-order chi connectivity index (χ1) is 12.9. The van der Waals surface area contributed by atoms with Crippen molar-refractivity contribution < 1.29 is 14.3 Å². The molecule has 0 aliphatic heterocycles. The van der Waals surface area contributed by atoms with E-state index in [1.165, 1.54) is 5.56 Å². The number of carbonyl (C=O) groups excluding carboxylic acids is 2. The van der Waals surface area contributed by atoms with E-state index in [9.17, 15) is 9.59 Å². The SMILES string of the molecule is Cc1ccc(CCC(=O)NCCNC(=O)COc2ccc(C)cc2C)cc1. The predicted octanol–water partition coefficient (Wildman–Crippen LogP) is 2.86. The standard InChI is InChI=1S/C22H28N2O3/c1-16-4-7-19(8-5-16)9-11-21(25)23-12-13-24-22(26)15-27-20-10-6-17(2)14-18(20)3/h4-8,10,14H,9,11-13,15H2,1-3H3,(H,23,25)(H,24,26). The Hall–Kier alpha value is -2.82. The summed E-state index contributed by atoms with van der Waals surface area (Å²) >= 11 is 0. The second-order valence-electron chi connectivity index (χ2n) is 6.74. The lowest BCUT2D eigenvalue weighted by Crippen LogP contribution is -2.36. The van der Waals surface area contributed by atoms with E-state index < -0.39 is 0 Å². The van der Waals surface area contributed by atoms with Gasteiger partial charge in [0.2, 0.25) is 5.91 Å². The second-order valence-corrected chi connectivity index (χ2v) is 6.74. The van der Waals surface area contributed by atoms with Crippen LogP contribution in [0.3, 0.4) is 0 Å². The van der Waals surface area contributed by atoms with Crippen molar-refractivity contribution in [3.63, 3.8) is 0 Å². The number of ether oxygens (including phenoxy) is 1. The third kappa shape index (κ3) is 7.52. The van der Waals surface area contributed by atoms with Crippen LogP contribution in [-0.2, 0) is 16.0 Å². The zero-order valence-corrected chi connectivity index (χ0v) is 16.3. The quantitative estimate of drug-likeness (QED) is 0.669. The van der Waals surface area contributed by atoms with Crippen molar-refractivity contribution >= 4 is 11.8 Å². The number of rotatable bonds is 9. The molecular weight excluding hydrogens is 340 g/mol. The maximum Gasteiger partial charge on any atom is 0.258 e. The molecule has 2 aromatic carbocycles. The number of amides is 2. The van der Waals surface area contributed by atoms with Crippen molar-refractivity contribution in [2.24, 2.45) is 0 Å². The maximum absolute atomic E-state index is 11.9. The Bertz CT molecular complexity index is 770. The molecule has 0 saturated carbocycles. The van der Waals surface area contributed by atoms with Gasteiger partial charge in [0.1, 0.15) is 5.75 Å². The largest absolute Gasteiger partial charge is 0.484 e. The predicted molar refractivity (Wildman–Crippen MR) is 107 cm³/mol. The van der Waals surface area contributed by atoms with Gasteiger partial charge < -0.3 is 15.4 Å². The van der Waals surface area contributed by atoms with Gasteiger partial charge in [0.05, 0.1) is 0 Å². The average molecular weight is 368 g/mol. The summed E-state index contributed by atoms with van der Waals surface area (Å²) in [5.41, 5.74) is 4.51. The summed E-state index contributed by atoms with van der Waals surface area (Å²) in [6, 6.07) is 14.0. The Morgan fingerprint density at radius 2 is 1.48 bits per heavy atom. The van der Waals surface area contributed by atoms with Gasteiger partial charge in [0.25, 0.3) is 5.91 Å². The first-order valence-corrected chi connectivity index (χ1v) is 9.23. The highest BCUT2D eigenvalue weighted by molar-refractivity contribution is 5.78. The monoisotopic (exact) mass is 368 g/mol. The van der Waals surface area contributed by atoms with E-state index >= 15 is 0 Å². The van der Waals surface area contributed by atoms with Gasteiger partial charge in [-0.2, -0.15) is 0 Å². The summed E-state index contributed by atoms with van der Waals surface area (Å²) < 4.78 is 5.53. The van der Waals surface area contributed by atoms with E-state index in [0.29, 0.717) is 31.7 Å². The summed E-state index contributed by atoms with van der Waals surface area (Å²) in [7, 11) is 0. The number of benzene rings is 2. The number of aryl methyl sites for hydroxylation is 4. The van der Waals surface area contributed by atoms with Crippen LogP contribution >= 0.6 is 0 Å². The molecule has 0 aromatic heterocycles. The molecule has 0 saturated heterocycles. The molecule has 2 amide bonds. The van der Waals surface area contributed by atoms with Crippen LogP contribution in [0.2, 0.25) is 0 Å². The van der Waals surface area contributed by atoms with Gasteiger partial charge in [-0.3, -0.25) is 9.59 Å². The van der Waals surface area contributed by atoms with Crippen LogP contribution in [0.4, 0.5) is 0 Å². The van der Waals surface area contributed by atoms with Crippen molar-refractivity contribution in [1.29, 1.82) is 0 Å². The van der Waals surface area contributed by atoms with Crippen LogP contribution in [-0.4, -0.2) is 31.5 Å². The maximum atomic E-state index is 11.9. The minimum atomic E-state index is -0.205. The topological polar surface area (TPSA) is 67.4 Å². The fourth-order valence-electron chi connectivity index (χ4n) is 2.66. The molecule has 0 bridgehead atoms. The van der Waals surface area contributed by atoms with Gasteiger partial charge in [-0.15, -0.1) is 0 Å². The molecule has 2 aromatic rings. The molecule has 0 spiro atoms. The third-order valence-corrected chi connectivity index (χ3v) is 4.22. The number of nitrogens with one attached hydrogen (secondary N) is 2. The molecule has 0 heterocycles. The van der Waals surface area contributed by atoms with Crippen LogP contribution in [0.25, 0.3) is 0 Å². The molecule has 5 heteroatoms. The highest BCUT2D eigenvalue weighted by Gasteiger charge is 2.06. The van der Waals surface area contributed by atoms with Crippen LogP contribution in [0, 0.1) is 20.8 Å². The van der Waals surface area contributed by atoms with E-state index in [1.54, 1.807) is 0 Å². The molecule has 0 unspecified atom stereocenters. The molecule has 2 N–H and O–H groups in total. The van der Waals surface area contributed by atoms with Crippen LogP contribution < -0.4 is 15.4 Å². The van der Waals surface area contributed by atoms with Gasteiger partial charge in [-0.05, 0) is 44.4 Å². The van der Waals surface area contributed by atoms with E-state index in [-0.39, 0.29) is 18.4 Å². The fourth-order valence-corrected chi connectivity index (χ4v) is 2.66. The Balaban J connectivity index is 1.58. The summed E-state index contributed by atoms with van der Waals surface area (Å²) in [5.74, 6) is 0.486. The Labute approximate surface area is 161 Å². The van der Waals surface area contributed by atoms with E-state index in [1.807, 2.05) is 63.2 Å². The van der Waals surface area contributed by atoms with Crippen molar-refractivity contribution in [1.82, 2.24) is 10.6 Å². The smallest absolute Gasteiger partial charge is 0.258 e. The Kier molecular flexibility index (Phi) is 7.86. The molecule has 5 nitrogen and oxygen atoms in total. The number of carbonyl (C=O) groups is 2. The van der Waals surface area contributed by atoms with Gasteiger partial charge in [0.15, 0.2) is 6.61 Å². The first kappa shape index (κ1) is 20.5. The fraction of sp³-hybridized carbons (Fsp3) is 0.364. The highest BCUT2D eigenvalue weighted by atomic mass is 16.5. The van der Waals surface area contributed by atoms with E-state index in [4.69, 9.17) is 4.74 Å². The van der Waals surface area contributed by atoms with Gasteiger partial charge >= 0.3 is 0 Å². The van der Waals surface area contributed by atoms with Crippen LogP contribution in [0.15, 0.2) is 42.5 Å². The molecular formula is C22H28N2O3. The Morgan fingerprint density at radius 1 is 0.852 bits per heavy atom.